The molecule has 0 radical (unpaired) electrons. The monoisotopic (exact) mass is 324 g/mol. The zero-order chi connectivity index (χ0) is 16.9. The van der Waals surface area contributed by atoms with E-state index in [0.29, 0.717) is 13.0 Å². The molecule has 24 heavy (non-hydrogen) atoms. The highest BCUT2D eigenvalue weighted by Crippen LogP contribution is 2.13. The Kier molecular flexibility index (Phi) is 4.91. The van der Waals surface area contributed by atoms with Crippen molar-refractivity contribution in [1.29, 1.82) is 0 Å². The second-order valence-corrected chi connectivity index (χ2v) is 5.87. The van der Waals surface area contributed by atoms with Gasteiger partial charge in [0.05, 0.1) is 32.7 Å². The fraction of sp³-hybridized carbons (Fsp3) is 0.263. The lowest BCUT2D eigenvalue weighted by Crippen LogP contribution is -2.31. The zero-order valence-corrected chi connectivity index (χ0v) is 13.7. The van der Waals surface area contributed by atoms with Gasteiger partial charge in [0.15, 0.2) is 11.0 Å². The van der Waals surface area contributed by atoms with Crippen LogP contribution < -0.4 is 9.88 Å². The number of nitrogens with zero attached hydrogens (tertiary/aromatic N) is 2. The van der Waals surface area contributed by atoms with Crippen LogP contribution in [0.2, 0.25) is 0 Å². The predicted molar refractivity (Wildman–Crippen MR) is 92.1 cm³/mol. The molecule has 2 N–H and O–H groups in total. The number of benzene rings is 2. The molecular formula is C19H22N3O2+. The number of carbonyl (C=O) groups excluding carboxylic acids is 1. The summed E-state index contributed by atoms with van der Waals surface area (Å²) in [4.78, 5) is 12.3. The molecule has 1 aromatic heterocycles. The molecule has 0 saturated carbocycles. The second kappa shape index (κ2) is 7.27. The van der Waals surface area contributed by atoms with Crippen molar-refractivity contribution in [3.05, 3.63) is 66.5 Å². The third kappa shape index (κ3) is 3.46. The van der Waals surface area contributed by atoms with E-state index < -0.39 is 0 Å². The Morgan fingerprint density at radius 3 is 2.62 bits per heavy atom. The van der Waals surface area contributed by atoms with Crippen LogP contribution in [0.3, 0.4) is 0 Å². The highest BCUT2D eigenvalue weighted by Gasteiger charge is 2.16. The second-order valence-electron chi connectivity index (χ2n) is 5.87. The lowest BCUT2D eigenvalue weighted by Gasteiger charge is -2.16. The normalized spacial score (nSPS) is 12.2. The molecular weight excluding hydrogens is 302 g/mol. The quantitative estimate of drug-likeness (QED) is 0.678. The number of hydrogen-bond acceptors (Lipinski definition) is 2. The van der Waals surface area contributed by atoms with Crippen molar-refractivity contribution < 1.29 is 14.5 Å². The Morgan fingerprint density at radius 1 is 1.17 bits per heavy atom. The van der Waals surface area contributed by atoms with E-state index in [1.165, 1.54) is 0 Å². The molecule has 0 bridgehead atoms. The number of aliphatic hydroxyl groups is 1. The highest BCUT2D eigenvalue weighted by atomic mass is 16.3. The van der Waals surface area contributed by atoms with Crippen molar-refractivity contribution in [2.75, 3.05) is 6.61 Å². The van der Waals surface area contributed by atoms with Gasteiger partial charge in [0.25, 0.3) is 0 Å². The van der Waals surface area contributed by atoms with Gasteiger partial charge in [-0.2, -0.15) is 0 Å². The summed E-state index contributed by atoms with van der Waals surface area (Å²) in [6, 6.07) is 17.3. The molecule has 1 heterocycles. The van der Waals surface area contributed by atoms with Gasteiger partial charge in [0, 0.05) is 0 Å². The number of carbonyl (C=O) groups is 1. The van der Waals surface area contributed by atoms with Gasteiger partial charge in [-0.05, 0) is 17.7 Å². The van der Waals surface area contributed by atoms with Gasteiger partial charge in [-0.15, -0.1) is 0 Å². The minimum atomic E-state index is -0.365. The molecule has 0 unspecified atom stereocenters. The zero-order valence-electron chi connectivity index (χ0n) is 13.7. The molecule has 0 spiro atoms. The van der Waals surface area contributed by atoms with Crippen LogP contribution in [0, 0.1) is 0 Å². The van der Waals surface area contributed by atoms with Crippen molar-refractivity contribution in [3.63, 3.8) is 0 Å². The summed E-state index contributed by atoms with van der Waals surface area (Å²) < 4.78 is 4.12. The number of aromatic nitrogens is 2. The number of amides is 1. The van der Waals surface area contributed by atoms with E-state index in [9.17, 15) is 9.90 Å². The number of rotatable bonds is 6. The molecule has 0 fully saturated rings. The van der Waals surface area contributed by atoms with Crippen molar-refractivity contribution in [3.8, 4) is 0 Å². The fourth-order valence-corrected chi connectivity index (χ4v) is 2.93. The Hall–Kier alpha value is -2.66. The van der Waals surface area contributed by atoms with E-state index in [-0.39, 0.29) is 18.6 Å². The minimum absolute atomic E-state index is 0.0710. The number of fused-ring (bicyclic) bond motifs is 1. The number of aryl methyl sites for hydroxylation is 2. The molecule has 0 aliphatic rings. The Morgan fingerprint density at radius 2 is 1.88 bits per heavy atom. The Labute approximate surface area is 141 Å². The van der Waals surface area contributed by atoms with Gasteiger partial charge < -0.3 is 10.4 Å². The van der Waals surface area contributed by atoms with E-state index in [4.69, 9.17) is 0 Å². The number of hydrogen-bond donors (Lipinski definition) is 2. The molecule has 5 heteroatoms. The van der Waals surface area contributed by atoms with E-state index in [2.05, 4.69) is 16.0 Å². The van der Waals surface area contributed by atoms with Gasteiger partial charge in [-0.25, -0.2) is 9.13 Å². The molecule has 1 atom stereocenters. The summed E-state index contributed by atoms with van der Waals surface area (Å²) in [6.45, 7) is 0.483. The first-order chi connectivity index (χ1) is 11.7. The van der Waals surface area contributed by atoms with Crippen LogP contribution in [-0.2, 0) is 18.4 Å². The first-order valence-corrected chi connectivity index (χ1v) is 8.07. The first-order valence-electron chi connectivity index (χ1n) is 8.07. The summed E-state index contributed by atoms with van der Waals surface area (Å²) in [5.41, 5.74) is 3.15. The summed E-state index contributed by atoms with van der Waals surface area (Å²) in [5.74, 6) is -0.0710. The molecule has 0 saturated heterocycles. The molecule has 5 nitrogen and oxygen atoms in total. The Bertz CT molecular complexity index is 827. The van der Waals surface area contributed by atoms with Gasteiger partial charge in [0.2, 0.25) is 12.2 Å². The van der Waals surface area contributed by atoms with Crippen LogP contribution in [0.15, 0.2) is 60.9 Å². The van der Waals surface area contributed by atoms with Crippen LogP contribution in [-0.4, -0.2) is 22.2 Å². The van der Waals surface area contributed by atoms with Gasteiger partial charge >= 0.3 is 0 Å². The highest BCUT2D eigenvalue weighted by molar-refractivity contribution is 5.77. The number of nitrogens with one attached hydrogen (secondary N) is 1. The summed E-state index contributed by atoms with van der Waals surface area (Å²) in [5, 5.41) is 12.4. The van der Waals surface area contributed by atoms with Crippen LogP contribution in [0.25, 0.3) is 11.0 Å². The summed E-state index contributed by atoms with van der Waals surface area (Å²) in [7, 11) is 2.00. The summed E-state index contributed by atoms with van der Waals surface area (Å²) in [6.07, 6.45) is 2.36. The molecule has 0 aliphatic carbocycles. The molecule has 3 rings (SSSR count). The van der Waals surface area contributed by atoms with Crippen LogP contribution in [0.4, 0.5) is 0 Å². The van der Waals surface area contributed by atoms with Gasteiger partial charge in [-0.1, -0.05) is 42.5 Å². The van der Waals surface area contributed by atoms with Crippen LogP contribution >= 0.6 is 0 Å². The maximum Gasteiger partial charge on any atom is 0.244 e. The first kappa shape index (κ1) is 16.2. The van der Waals surface area contributed by atoms with E-state index in [1.807, 2.05) is 66.5 Å². The number of aliphatic hydroxyl groups excluding tert-OH is 1. The smallest absolute Gasteiger partial charge is 0.244 e. The van der Waals surface area contributed by atoms with Gasteiger partial charge in [0.1, 0.15) is 0 Å². The number of para-hydroxylation sites is 2. The molecule has 124 valence electrons. The largest absolute Gasteiger partial charge is 0.394 e. The minimum Gasteiger partial charge on any atom is -0.394 e. The lowest BCUT2D eigenvalue weighted by molar-refractivity contribution is -0.645. The molecule has 1 amide bonds. The van der Waals surface area contributed by atoms with Crippen molar-refractivity contribution in [2.24, 2.45) is 7.05 Å². The van der Waals surface area contributed by atoms with Crippen molar-refractivity contribution in [1.82, 2.24) is 9.88 Å². The van der Waals surface area contributed by atoms with Crippen molar-refractivity contribution >= 4 is 16.9 Å². The number of imidazole rings is 1. The molecule has 2 aromatic carbocycles. The topological polar surface area (TPSA) is 58.1 Å². The molecule has 0 aliphatic heterocycles. The Balaban J connectivity index is 1.64. The maximum absolute atomic E-state index is 12.3. The van der Waals surface area contributed by atoms with E-state index >= 15 is 0 Å². The van der Waals surface area contributed by atoms with E-state index in [1.54, 1.807) is 0 Å². The van der Waals surface area contributed by atoms with Crippen LogP contribution in [0.1, 0.15) is 18.0 Å². The summed E-state index contributed by atoms with van der Waals surface area (Å²) >= 11 is 0. The third-order valence-electron chi connectivity index (χ3n) is 4.18. The molecule has 3 aromatic rings. The van der Waals surface area contributed by atoms with Crippen molar-refractivity contribution in [2.45, 2.75) is 19.0 Å². The average molecular weight is 324 g/mol. The average Bonchev–Trinajstić information content (AvgIpc) is 2.95. The predicted octanol–water partition coefficient (Wildman–Crippen LogP) is 1.71. The van der Waals surface area contributed by atoms with Crippen LogP contribution in [0.5, 0.6) is 0 Å². The lowest BCUT2D eigenvalue weighted by atomic mass is 10.1. The third-order valence-corrected chi connectivity index (χ3v) is 4.18. The standard InChI is InChI=1S/C19H21N3O2/c1-21-14-22(18-10-6-5-9-17(18)21)12-11-19(24)20-16(13-23)15-7-3-2-4-8-15/h2-10,14,16,23H,11-13H2,1H3/p+1/t16-/m1/s1. The maximum atomic E-state index is 12.3. The SMILES string of the molecule is C[n+]1cn(CCC(=O)N[C@H](CO)c2ccccc2)c2ccccc21. The fourth-order valence-electron chi connectivity index (χ4n) is 2.93. The van der Waals surface area contributed by atoms with E-state index in [0.717, 1.165) is 16.6 Å². The van der Waals surface area contributed by atoms with Gasteiger partial charge in [-0.3, -0.25) is 4.79 Å².